The lowest BCUT2D eigenvalue weighted by Crippen LogP contribution is -2.42. The van der Waals surface area contributed by atoms with Gasteiger partial charge in [0.25, 0.3) is 11.8 Å². The monoisotopic (exact) mass is 325 g/mol. The van der Waals surface area contributed by atoms with Crippen LogP contribution in [-0.4, -0.2) is 24.3 Å². The first-order valence-corrected chi connectivity index (χ1v) is 7.55. The Morgan fingerprint density at radius 1 is 0.792 bits per heavy atom. The van der Waals surface area contributed by atoms with Crippen molar-refractivity contribution in [1.29, 1.82) is 0 Å². The zero-order chi connectivity index (χ0) is 17.4. The number of hydrazine groups is 1. The van der Waals surface area contributed by atoms with Gasteiger partial charge in [-0.3, -0.25) is 25.2 Å². The number of nitrogens with one attached hydrogen (secondary N) is 3. The zero-order valence-corrected chi connectivity index (χ0v) is 13.3. The van der Waals surface area contributed by atoms with Crippen LogP contribution < -0.4 is 16.2 Å². The van der Waals surface area contributed by atoms with Crippen LogP contribution in [0.25, 0.3) is 0 Å². The summed E-state index contributed by atoms with van der Waals surface area (Å²) in [6.45, 7) is 2.10. The van der Waals surface area contributed by atoms with E-state index < -0.39 is 5.91 Å². The fourth-order valence-electron chi connectivity index (χ4n) is 1.95. The van der Waals surface area contributed by atoms with Gasteiger partial charge in [-0.05, 0) is 31.2 Å². The van der Waals surface area contributed by atoms with Crippen molar-refractivity contribution in [2.45, 2.75) is 13.3 Å². The second-order valence-electron chi connectivity index (χ2n) is 5.24. The van der Waals surface area contributed by atoms with Crippen LogP contribution in [-0.2, 0) is 4.79 Å². The Kier molecular flexibility index (Phi) is 6.08. The first-order valence-electron chi connectivity index (χ1n) is 7.55. The molecule has 6 heteroatoms. The minimum atomic E-state index is -0.392. The van der Waals surface area contributed by atoms with Crippen LogP contribution in [0.3, 0.4) is 0 Å². The van der Waals surface area contributed by atoms with Gasteiger partial charge in [0.2, 0.25) is 5.91 Å². The van der Waals surface area contributed by atoms with Crippen LogP contribution in [0.4, 0.5) is 0 Å². The number of amides is 3. The second-order valence-corrected chi connectivity index (χ2v) is 5.24. The van der Waals surface area contributed by atoms with Crippen molar-refractivity contribution in [2.75, 3.05) is 6.54 Å². The number of rotatable bonds is 5. The Labute approximate surface area is 140 Å². The molecule has 0 spiro atoms. The second kappa shape index (κ2) is 8.47. The fraction of sp³-hybridized carbons (Fsp3) is 0.167. The quantitative estimate of drug-likeness (QED) is 0.729. The average molecular weight is 325 g/mol. The van der Waals surface area contributed by atoms with Crippen LogP contribution in [0.5, 0.6) is 0 Å². The topological polar surface area (TPSA) is 87.3 Å². The number of hydrogen-bond donors (Lipinski definition) is 3. The van der Waals surface area contributed by atoms with E-state index in [1.165, 1.54) is 0 Å². The Hall–Kier alpha value is -3.15. The van der Waals surface area contributed by atoms with E-state index in [1.54, 1.807) is 36.4 Å². The lowest BCUT2D eigenvalue weighted by atomic mass is 10.1. The summed E-state index contributed by atoms with van der Waals surface area (Å²) in [6.07, 6.45) is 0.0623. The summed E-state index contributed by atoms with van der Waals surface area (Å²) in [6, 6.07) is 15.7. The zero-order valence-electron chi connectivity index (χ0n) is 13.3. The highest BCUT2D eigenvalue weighted by atomic mass is 16.2. The molecule has 0 bridgehead atoms. The number of carbonyl (C=O) groups excluding carboxylic acids is 3. The Morgan fingerprint density at radius 2 is 1.42 bits per heavy atom. The largest absolute Gasteiger partial charge is 0.352 e. The normalized spacial score (nSPS) is 9.88. The van der Waals surface area contributed by atoms with Crippen LogP contribution in [0.1, 0.15) is 32.7 Å². The predicted octanol–water partition coefficient (Wildman–Crippen LogP) is 1.58. The maximum atomic E-state index is 11.8. The van der Waals surface area contributed by atoms with Gasteiger partial charge >= 0.3 is 0 Å². The van der Waals surface area contributed by atoms with Crippen molar-refractivity contribution in [3.63, 3.8) is 0 Å². The summed E-state index contributed by atoms with van der Waals surface area (Å²) in [5.41, 5.74) is 6.69. The van der Waals surface area contributed by atoms with Gasteiger partial charge < -0.3 is 5.32 Å². The molecular formula is C18H19N3O3. The average Bonchev–Trinajstić information content (AvgIpc) is 2.61. The van der Waals surface area contributed by atoms with Gasteiger partial charge in [-0.2, -0.15) is 0 Å². The van der Waals surface area contributed by atoms with Crippen LogP contribution in [0.15, 0.2) is 54.6 Å². The molecule has 2 aromatic rings. The number of hydrogen-bond acceptors (Lipinski definition) is 3. The molecule has 3 N–H and O–H groups in total. The maximum absolute atomic E-state index is 11.8. The standard InChI is InChI=1S/C18H19N3O3/c1-13-7-9-15(10-8-13)18(24)21-20-16(22)11-12-19-17(23)14-5-3-2-4-6-14/h2-10H,11-12H2,1H3,(H,19,23)(H,20,22)(H,21,24). The van der Waals surface area contributed by atoms with Gasteiger partial charge in [-0.25, -0.2) is 0 Å². The molecule has 0 radical (unpaired) electrons. The highest BCUT2D eigenvalue weighted by molar-refractivity contribution is 5.96. The van der Waals surface area contributed by atoms with E-state index in [4.69, 9.17) is 0 Å². The van der Waals surface area contributed by atoms with Crippen LogP contribution in [0, 0.1) is 6.92 Å². The first kappa shape index (κ1) is 17.2. The highest BCUT2D eigenvalue weighted by Crippen LogP contribution is 2.02. The molecule has 0 heterocycles. The number of carbonyl (C=O) groups is 3. The molecule has 0 saturated carbocycles. The molecule has 2 aromatic carbocycles. The number of aryl methyl sites for hydroxylation is 1. The van der Waals surface area contributed by atoms with Gasteiger partial charge in [0, 0.05) is 24.1 Å². The van der Waals surface area contributed by atoms with Crippen molar-refractivity contribution in [1.82, 2.24) is 16.2 Å². The summed E-state index contributed by atoms with van der Waals surface area (Å²) < 4.78 is 0. The molecule has 0 atom stereocenters. The van der Waals surface area contributed by atoms with E-state index in [9.17, 15) is 14.4 Å². The molecule has 0 aliphatic rings. The van der Waals surface area contributed by atoms with Crippen molar-refractivity contribution in [3.8, 4) is 0 Å². The molecule has 2 rings (SSSR count). The van der Waals surface area contributed by atoms with Crippen molar-refractivity contribution < 1.29 is 14.4 Å². The van der Waals surface area contributed by atoms with E-state index >= 15 is 0 Å². The summed E-state index contributed by atoms with van der Waals surface area (Å²) in [5, 5.41) is 2.64. The fourth-order valence-corrected chi connectivity index (χ4v) is 1.95. The molecule has 0 unspecified atom stereocenters. The molecular weight excluding hydrogens is 306 g/mol. The lowest BCUT2D eigenvalue weighted by molar-refractivity contribution is -0.121. The molecule has 24 heavy (non-hydrogen) atoms. The first-order chi connectivity index (χ1) is 11.6. The summed E-state index contributed by atoms with van der Waals surface area (Å²) in [5.74, 6) is -1.02. The molecule has 6 nitrogen and oxygen atoms in total. The Bertz CT molecular complexity index is 712. The van der Waals surface area contributed by atoms with Gasteiger partial charge in [-0.15, -0.1) is 0 Å². The highest BCUT2D eigenvalue weighted by Gasteiger charge is 2.08. The van der Waals surface area contributed by atoms with E-state index in [-0.39, 0.29) is 24.8 Å². The molecule has 0 saturated heterocycles. The SMILES string of the molecule is Cc1ccc(C(=O)NNC(=O)CCNC(=O)c2ccccc2)cc1. The van der Waals surface area contributed by atoms with Crippen LogP contribution >= 0.6 is 0 Å². The van der Waals surface area contributed by atoms with E-state index in [1.807, 2.05) is 25.1 Å². The van der Waals surface area contributed by atoms with Gasteiger partial charge in [0.05, 0.1) is 0 Å². The smallest absolute Gasteiger partial charge is 0.269 e. The third-order valence-corrected chi connectivity index (χ3v) is 3.30. The summed E-state index contributed by atoms with van der Waals surface area (Å²) in [4.78, 5) is 35.3. The van der Waals surface area contributed by atoms with Crippen molar-refractivity contribution in [3.05, 3.63) is 71.3 Å². The third kappa shape index (κ3) is 5.24. The third-order valence-electron chi connectivity index (χ3n) is 3.30. The van der Waals surface area contributed by atoms with Crippen molar-refractivity contribution in [2.24, 2.45) is 0 Å². The van der Waals surface area contributed by atoms with Gasteiger partial charge in [0.1, 0.15) is 0 Å². The molecule has 0 aliphatic heterocycles. The lowest BCUT2D eigenvalue weighted by Gasteiger charge is -2.08. The summed E-state index contributed by atoms with van der Waals surface area (Å²) >= 11 is 0. The minimum absolute atomic E-state index is 0.0623. The molecule has 0 aromatic heterocycles. The maximum Gasteiger partial charge on any atom is 0.269 e. The van der Waals surface area contributed by atoms with E-state index in [0.29, 0.717) is 11.1 Å². The number of benzene rings is 2. The van der Waals surface area contributed by atoms with E-state index in [0.717, 1.165) is 5.56 Å². The van der Waals surface area contributed by atoms with Crippen molar-refractivity contribution >= 4 is 17.7 Å². The molecule has 0 fully saturated rings. The van der Waals surface area contributed by atoms with Crippen LogP contribution in [0.2, 0.25) is 0 Å². The van der Waals surface area contributed by atoms with E-state index in [2.05, 4.69) is 16.2 Å². The Balaban J connectivity index is 1.69. The molecule has 0 aliphatic carbocycles. The Morgan fingerprint density at radius 3 is 2.08 bits per heavy atom. The van der Waals surface area contributed by atoms with Gasteiger partial charge in [-0.1, -0.05) is 35.9 Å². The van der Waals surface area contributed by atoms with Gasteiger partial charge in [0.15, 0.2) is 0 Å². The minimum Gasteiger partial charge on any atom is -0.352 e. The molecule has 124 valence electrons. The predicted molar refractivity (Wildman–Crippen MR) is 90.2 cm³/mol. The summed E-state index contributed by atoms with van der Waals surface area (Å²) in [7, 11) is 0. The molecule has 3 amide bonds.